The number of amides is 2. The highest BCUT2D eigenvalue weighted by molar-refractivity contribution is 7.89. The summed E-state index contributed by atoms with van der Waals surface area (Å²) in [5.74, 6) is 0. The van der Waals surface area contributed by atoms with Gasteiger partial charge in [-0.15, -0.1) is 0 Å². The standard InChI is InChI=1S/C14H21N3O3S/c1-11-10-16(12(2)17(11)14(18)15(3)4)21(19,20)13-8-6-5-7-9-13/h5-9,11-12H,10H2,1-4H3/t11-,12+/m0/s1. The second kappa shape index (κ2) is 5.65. The van der Waals surface area contributed by atoms with Crippen LogP contribution in [0, 0.1) is 0 Å². The fourth-order valence-corrected chi connectivity index (χ4v) is 4.30. The number of carbonyl (C=O) groups is 1. The maximum atomic E-state index is 12.7. The fraction of sp³-hybridized carbons (Fsp3) is 0.500. The molecule has 1 saturated heterocycles. The Hall–Kier alpha value is -1.60. The Bertz CT molecular complexity index is 616. The number of benzene rings is 1. The highest BCUT2D eigenvalue weighted by Gasteiger charge is 2.44. The van der Waals surface area contributed by atoms with Crippen molar-refractivity contribution in [2.45, 2.75) is 31.0 Å². The Morgan fingerprint density at radius 2 is 1.76 bits per heavy atom. The normalized spacial score (nSPS) is 23.3. The quantitative estimate of drug-likeness (QED) is 0.829. The zero-order valence-electron chi connectivity index (χ0n) is 12.7. The van der Waals surface area contributed by atoms with Gasteiger partial charge in [-0.25, -0.2) is 13.2 Å². The zero-order valence-corrected chi connectivity index (χ0v) is 13.5. The molecular formula is C14H21N3O3S. The molecule has 0 aromatic heterocycles. The molecule has 1 heterocycles. The fourth-order valence-electron chi connectivity index (χ4n) is 2.61. The summed E-state index contributed by atoms with van der Waals surface area (Å²) in [4.78, 5) is 15.5. The third-order valence-electron chi connectivity index (χ3n) is 3.69. The second-order valence-corrected chi connectivity index (χ2v) is 7.34. The topological polar surface area (TPSA) is 60.9 Å². The molecule has 0 saturated carbocycles. The summed E-state index contributed by atoms with van der Waals surface area (Å²) in [5.41, 5.74) is 0. The number of nitrogens with zero attached hydrogens (tertiary/aromatic N) is 3. The van der Waals surface area contributed by atoms with Crippen molar-refractivity contribution < 1.29 is 13.2 Å². The van der Waals surface area contributed by atoms with Gasteiger partial charge in [-0.2, -0.15) is 4.31 Å². The van der Waals surface area contributed by atoms with Gasteiger partial charge in [-0.1, -0.05) is 18.2 Å². The van der Waals surface area contributed by atoms with E-state index in [1.54, 1.807) is 56.3 Å². The van der Waals surface area contributed by atoms with Crippen LogP contribution in [0.3, 0.4) is 0 Å². The van der Waals surface area contributed by atoms with Gasteiger partial charge in [-0.3, -0.25) is 0 Å². The molecule has 1 aliphatic rings. The van der Waals surface area contributed by atoms with Crippen molar-refractivity contribution in [1.82, 2.24) is 14.1 Å². The van der Waals surface area contributed by atoms with Crippen LogP contribution in [0.2, 0.25) is 0 Å². The van der Waals surface area contributed by atoms with E-state index < -0.39 is 16.2 Å². The summed E-state index contributed by atoms with van der Waals surface area (Å²) < 4.78 is 26.8. The van der Waals surface area contributed by atoms with E-state index in [1.165, 1.54) is 9.21 Å². The van der Waals surface area contributed by atoms with Crippen LogP contribution in [0.5, 0.6) is 0 Å². The lowest BCUT2D eigenvalue weighted by Gasteiger charge is -2.30. The van der Waals surface area contributed by atoms with E-state index in [9.17, 15) is 13.2 Å². The molecule has 1 fully saturated rings. The van der Waals surface area contributed by atoms with Crippen LogP contribution >= 0.6 is 0 Å². The molecule has 0 spiro atoms. The van der Waals surface area contributed by atoms with E-state index >= 15 is 0 Å². The van der Waals surface area contributed by atoms with E-state index in [1.807, 2.05) is 6.92 Å². The molecule has 1 aliphatic heterocycles. The van der Waals surface area contributed by atoms with Gasteiger partial charge in [0.25, 0.3) is 0 Å². The molecule has 2 amide bonds. The number of hydrogen-bond acceptors (Lipinski definition) is 3. The first-order chi connectivity index (χ1) is 9.76. The molecule has 0 bridgehead atoms. The molecule has 0 aliphatic carbocycles. The average molecular weight is 311 g/mol. The van der Waals surface area contributed by atoms with Crippen LogP contribution in [0.1, 0.15) is 13.8 Å². The van der Waals surface area contributed by atoms with Crippen molar-refractivity contribution in [3.05, 3.63) is 30.3 Å². The lowest BCUT2D eigenvalue weighted by molar-refractivity contribution is 0.144. The molecule has 21 heavy (non-hydrogen) atoms. The molecule has 1 aromatic carbocycles. The monoisotopic (exact) mass is 311 g/mol. The largest absolute Gasteiger partial charge is 0.331 e. The van der Waals surface area contributed by atoms with Gasteiger partial charge >= 0.3 is 6.03 Å². The molecule has 116 valence electrons. The molecule has 1 aromatic rings. The van der Waals surface area contributed by atoms with Crippen LogP contribution in [-0.4, -0.2) is 61.4 Å². The van der Waals surface area contributed by atoms with Crippen molar-refractivity contribution in [3.8, 4) is 0 Å². The van der Waals surface area contributed by atoms with Gasteiger partial charge in [0.1, 0.15) is 0 Å². The average Bonchev–Trinajstić information content (AvgIpc) is 2.74. The van der Waals surface area contributed by atoms with Crippen molar-refractivity contribution in [1.29, 1.82) is 0 Å². The minimum absolute atomic E-state index is 0.159. The first-order valence-electron chi connectivity index (χ1n) is 6.83. The van der Waals surface area contributed by atoms with E-state index in [0.717, 1.165) is 0 Å². The van der Waals surface area contributed by atoms with Gasteiger partial charge in [0.05, 0.1) is 11.1 Å². The van der Waals surface area contributed by atoms with E-state index in [-0.39, 0.29) is 17.0 Å². The van der Waals surface area contributed by atoms with Crippen molar-refractivity contribution in [2.24, 2.45) is 0 Å². The molecular weight excluding hydrogens is 290 g/mol. The first-order valence-corrected chi connectivity index (χ1v) is 8.27. The van der Waals surface area contributed by atoms with Crippen molar-refractivity contribution >= 4 is 16.1 Å². The molecule has 6 nitrogen and oxygen atoms in total. The molecule has 0 N–H and O–H groups in total. The predicted octanol–water partition coefficient (Wildman–Crippen LogP) is 1.41. The Morgan fingerprint density at radius 1 is 1.19 bits per heavy atom. The van der Waals surface area contributed by atoms with E-state index in [4.69, 9.17) is 0 Å². The molecule has 0 unspecified atom stereocenters. The van der Waals surface area contributed by atoms with Crippen LogP contribution in [0.25, 0.3) is 0 Å². The summed E-state index contributed by atoms with van der Waals surface area (Å²) in [6, 6.07) is 7.97. The second-order valence-electron chi connectivity index (χ2n) is 5.45. The molecule has 2 rings (SSSR count). The summed E-state index contributed by atoms with van der Waals surface area (Å²) in [7, 11) is -0.266. The summed E-state index contributed by atoms with van der Waals surface area (Å²) >= 11 is 0. The highest BCUT2D eigenvalue weighted by atomic mass is 32.2. The molecule has 0 radical (unpaired) electrons. The van der Waals surface area contributed by atoms with Crippen LogP contribution in [0.15, 0.2) is 35.2 Å². The Kier molecular flexibility index (Phi) is 4.25. The Labute approximate surface area is 126 Å². The number of hydrogen-bond donors (Lipinski definition) is 0. The van der Waals surface area contributed by atoms with E-state index in [2.05, 4.69) is 0 Å². The van der Waals surface area contributed by atoms with Gasteiger partial charge in [0.15, 0.2) is 0 Å². The lowest BCUT2D eigenvalue weighted by Crippen LogP contribution is -2.47. The van der Waals surface area contributed by atoms with Crippen molar-refractivity contribution in [2.75, 3.05) is 20.6 Å². The summed E-state index contributed by atoms with van der Waals surface area (Å²) in [6.07, 6.45) is -0.500. The minimum atomic E-state index is -3.59. The maximum Gasteiger partial charge on any atom is 0.321 e. The molecule has 7 heteroatoms. The lowest BCUT2D eigenvalue weighted by atomic mass is 10.3. The number of rotatable bonds is 2. The summed E-state index contributed by atoms with van der Waals surface area (Å²) in [5, 5.41) is 0. The number of carbonyl (C=O) groups excluding carboxylic acids is 1. The van der Waals surface area contributed by atoms with Crippen LogP contribution < -0.4 is 0 Å². The van der Waals surface area contributed by atoms with Gasteiger partial charge in [0.2, 0.25) is 10.0 Å². The van der Waals surface area contributed by atoms with Gasteiger partial charge in [0, 0.05) is 26.7 Å². The maximum absolute atomic E-state index is 12.7. The van der Waals surface area contributed by atoms with Gasteiger partial charge < -0.3 is 9.80 Å². The number of urea groups is 1. The van der Waals surface area contributed by atoms with Crippen LogP contribution in [0.4, 0.5) is 4.79 Å². The first kappa shape index (κ1) is 15.8. The number of sulfonamides is 1. The van der Waals surface area contributed by atoms with Crippen molar-refractivity contribution in [3.63, 3.8) is 0 Å². The smallest absolute Gasteiger partial charge is 0.321 e. The zero-order chi connectivity index (χ0) is 15.8. The third kappa shape index (κ3) is 2.75. The molecule has 2 atom stereocenters. The highest BCUT2D eigenvalue weighted by Crippen LogP contribution is 2.28. The third-order valence-corrected chi connectivity index (χ3v) is 5.63. The predicted molar refractivity (Wildman–Crippen MR) is 80.2 cm³/mol. The van der Waals surface area contributed by atoms with Crippen LogP contribution in [-0.2, 0) is 10.0 Å². The van der Waals surface area contributed by atoms with E-state index in [0.29, 0.717) is 6.54 Å². The summed E-state index contributed by atoms with van der Waals surface area (Å²) in [6.45, 7) is 3.90. The van der Waals surface area contributed by atoms with Gasteiger partial charge in [-0.05, 0) is 26.0 Å². The Morgan fingerprint density at radius 3 is 2.29 bits per heavy atom. The minimum Gasteiger partial charge on any atom is -0.331 e. The SMILES string of the molecule is C[C@H]1CN(S(=O)(=O)c2ccccc2)[C@@H](C)N1C(=O)N(C)C. The Balaban J connectivity index is 2.33.